The molecule has 92 valence electrons. The highest BCUT2D eigenvalue weighted by molar-refractivity contribution is 5.31. The first-order chi connectivity index (χ1) is 8.12. The minimum absolute atomic E-state index is 0.419. The first-order valence-corrected chi connectivity index (χ1v) is 6.22. The summed E-state index contributed by atoms with van der Waals surface area (Å²) in [6, 6.07) is 7.77. The van der Waals surface area contributed by atoms with E-state index in [2.05, 4.69) is 6.58 Å². The minimum Gasteiger partial charge on any atom is -0.490 e. The van der Waals surface area contributed by atoms with Gasteiger partial charge in [-0.1, -0.05) is 18.2 Å². The molecule has 0 heterocycles. The third-order valence-electron chi connectivity index (χ3n) is 3.14. The van der Waals surface area contributed by atoms with Gasteiger partial charge >= 0.3 is 0 Å². The van der Waals surface area contributed by atoms with Crippen LogP contribution in [-0.4, -0.2) is 11.2 Å². The second-order valence-corrected chi connectivity index (χ2v) is 4.94. The lowest BCUT2D eigenvalue weighted by atomic mass is 9.91. The fourth-order valence-electron chi connectivity index (χ4n) is 1.80. The lowest BCUT2D eigenvalue weighted by Crippen LogP contribution is -2.20. The van der Waals surface area contributed by atoms with Crippen LogP contribution in [-0.2, 0) is 5.60 Å². The summed E-state index contributed by atoms with van der Waals surface area (Å²) < 4.78 is 5.68. The van der Waals surface area contributed by atoms with E-state index in [9.17, 15) is 5.11 Å². The van der Waals surface area contributed by atoms with Gasteiger partial charge in [0.25, 0.3) is 0 Å². The van der Waals surface area contributed by atoms with E-state index in [0.717, 1.165) is 17.7 Å². The summed E-state index contributed by atoms with van der Waals surface area (Å²) in [5, 5.41) is 10.3. The maximum absolute atomic E-state index is 10.3. The van der Waals surface area contributed by atoms with E-state index >= 15 is 0 Å². The van der Waals surface area contributed by atoms with E-state index < -0.39 is 5.60 Å². The topological polar surface area (TPSA) is 29.5 Å². The van der Waals surface area contributed by atoms with Gasteiger partial charge in [-0.25, -0.2) is 0 Å². The molecule has 0 spiro atoms. The normalized spacial score (nSPS) is 18.5. The molecule has 1 aromatic carbocycles. The second kappa shape index (κ2) is 4.92. The Morgan fingerprint density at radius 1 is 1.41 bits per heavy atom. The summed E-state index contributed by atoms with van der Waals surface area (Å²) in [4.78, 5) is 0. The molecular weight excluding hydrogens is 212 g/mol. The SMILES string of the molecule is C=CCCC(C)(O)c1ccc(OC2CC2)cc1. The Balaban J connectivity index is 2.02. The van der Waals surface area contributed by atoms with Crippen molar-refractivity contribution < 1.29 is 9.84 Å². The second-order valence-electron chi connectivity index (χ2n) is 4.94. The van der Waals surface area contributed by atoms with Crippen LogP contribution >= 0.6 is 0 Å². The van der Waals surface area contributed by atoms with Crippen molar-refractivity contribution in [3.8, 4) is 5.75 Å². The van der Waals surface area contributed by atoms with Gasteiger partial charge in [-0.3, -0.25) is 0 Å². The van der Waals surface area contributed by atoms with E-state index in [-0.39, 0.29) is 0 Å². The quantitative estimate of drug-likeness (QED) is 0.762. The Hall–Kier alpha value is -1.28. The average molecular weight is 232 g/mol. The zero-order valence-electron chi connectivity index (χ0n) is 10.4. The fraction of sp³-hybridized carbons (Fsp3) is 0.467. The fourth-order valence-corrected chi connectivity index (χ4v) is 1.80. The lowest BCUT2D eigenvalue weighted by Gasteiger charge is -2.23. The molecule has 0 saturated heterocycles. The molecule has 17 heavy (non-hydrogen) atoms. The van der Waals surface area contributed by atoms with E-state index in [1.54, 1.807) is 0 Å². The summed E-state index contributed by atoms with van der Waals surface area (Å²) in [7, 11) is 0. The van der Waals surface area contributed by atoms with Crippen LogP contribution in [0.1, 0.15) is 38.2 Å². The van der Waals surface area contributed by atoms with Crippen LogP contribution in [0.15, 0.2) is 36.9 Å². The number of rotatable bonds is 6. The maximum atomic E-state index is 10.3. The summed E-state index contributed by atoms with van der Waals surface area (Å²) in [5.41, 5.74) is 0.147. The van der Waals surface area contributed by atoms with Crippen molar-refractivity contribution in [1.82, 2.24) is 0 Å². The predicted octanol–water partition coefficient (Wildman–Crippen LogP) is 3.40. The number of benzene rings is 1. The van der Waals surface area contributed by atoms with Gasteiger partial charge in [0, 0.05) is 0 Å². The minimum atomic E-state index is -0.785. The van der Waals surface area contributed by atoms with Crippen LogP contribution in [0.2, 0.25) is 0 Å². The van der Waals surface area contributed by atoms with Crippen LogP contribution in [0.3, 0.4) is 0 Å². The molecule has 1 aliphatic rings. The van der Waals surface area contributed by atoms with Crippen molar-refractivity contribution in [3.63, 3.8) is 0 Å². The average Bonchev–Trinajstić information content (AvgIpc) is 3.11. The summed E-state index contributed by atoms with van der Waals surface area (Å²) in [6.45, 7) is 5.52. The van der Waals surface area contributed by atoms with E-state index in [1.165, 1.54) is 12.8 Å². The molecule has 0 aromatic heterocycles. The molecule has 1 saturated carbocycles. The molecule has 2 rings (SSSR count). The van der Waals surface area contributed by atoms with Crippen molar-refractivity contribution in [3.05, 3.63) is 42.5 Å². The Labute approximate surface area is 103 Å². The predicted molar refractivity (Wildman–Crippen MR) is 69.1 cm³/mol. The van der Waals surface area contributed by atoms with Gasteiger partial charge in [0.15, 0.2) is 0 Å². The zero-order chi connectivity index (χ0) is 12.3. The Morgan fingerprint density at radius 3 is 2.59 bits per heavy atom. The van der Waals surface area contributed by atoms with E-state index in [4.69, 9.17) is 4.74 Å². The van der Waals surface area contributed by atoms with Gasteiger partial charge in [0.1, 0.15) is 5.75 Å². The van der Waals surface area contributed by atoms with Gasteiger partial charge in [0.05, 0.1) is 11.7 Å². The maximum Gasteiger partial charge on any atom is 0.119 e. The monoisotopic (exact) mass is 232 g/mol. The largest absolute Gasteiger partial charge is 0.490 e. The number of aliphatic hydroxyl groups is 1. The van der Waals surface area contributed by atoms with Gasteiger partial charge in [-0.2, -0.15) is 0 Å². The molecule has 1 N–H and O–H groups in total. The van der Waals surface area contributed by atoms with Crippen molar-refractivity contribution in [1.29, 1.82) is 0 Å². The van der Waals surface area contributed by atoms with Crippen molar-refractivity contribution in [2.45, 2.75) is 44.3 Å². The van der Waals surface area contributed by atoms with E-state index in [1.807, 2.05) is 37.3 Å². The Bertz CT molecular complexity index is 374. The Morgan fingerprint density at radius 2 is 2.06 bits per heavy atom. The first-order valence-electron chi connectivity index (χ1n) is 6.22. The number of ether oxygens (including phenoxy) is 1. The van der Waals surface area contributed by atoms with Crippen molar-refractivity contribution in [2.75, 3.05) is 0 Å². The molecule has 1 unspecified atom stereocenters. The zero-order valence-corrected chi connectivity index (χ0v) is 10.4. The van der Waals surface area contributed by atoms with Gasteiger partial charge in [-0.15, -0.1) is 6.58 Å². The summed E-state index contributed by atoms with van der Waals surface area (Å²) >= 11 is 0. The molecule has 0 aliphatic heterocycles. The molecule has 1 aromatic rings. The van der Waals surface area contributed by atoms with Gasteiger partial charge in [0.2, 0.25) is 0 Å². The highest BCUT2D eigenvalue weighted by Gasteiger charge is 2.24. The first kappa shape index (κ1) is 12.2. The summed E-state index contributed by atoms with van der Waals surface area (Å²) in [5.74, 6) is 0.899. The van der Waals surface area contributed by atoms with Crippen LogP contribution in [0.5, 0.6) is 5.75 Å². The smallest absolute Gasteiger partial charge is 0.119 e. The molecular formula is C15H20O2. The lowest BCUT2D eigenvalue weighted by molar-refractivity contribution is 0.0487. The highest BCUT2D eigenvalue weighted by Crippen LogP contribution is 2.30. The van der Waals surface area contributed by atoms with E-state index in [0.29, 0.717) is 12.5 Å². The molecule has 2 heteroatoms. The van der Waals surface area contributed by atoms with Gasteiger partial charge < -0.3 is 9.84 Å². The number of hydrogen-bond acceptors (Lipinski definition) is 2. The highest BCUT2D eigenvalue weighted by atomic mass is 16.5. The number of hydrogen-bond donors (Lipinski definition) is 1. The molecule has 1 atom stereocenters. The van der Waals surface area contributed by atoms with Crippen LogP contribution in [0.25, 0.3) is 0 Å². The standard InChI is InChI=1S/C15H20O2/c1-3-4-11-15(2,16)12-5-7-13(8-6-12)17-14-9-10-14/h3,5-8,14,16H,1,4,9-11H2,2H3. The van der Waals surface area contributed by atoms with Crippen molar-refractivity contribution >= 4 is 0 Å². The summed E-state index contributed by atoms with van der Waals surface area (Å²) in [6.07, 6.45) is 6.09. The van der Waals surface area contributed by atoms with Crippen molar-refractivity contribution in [2.24, 2.45) is 0 Å². The molecule has 0 radical (unpaired) electrons. The van der Waals surface area contributed by atoms with Gasteiger partial charge in [-0.05, 0) is 50.3 Å². The molecule has 0 amide bonds. The third kappa shape index (κ3) is 3.34. The third-order valence-corrected chi connectivity index (χ3v) is 3.14. The molecule has 2 nitrogen and oxygen atoms in total. The Kier molecular flexibility index (Phi) is 3.53. The molecule has 0 bridgehead atoms. The molecule has 1 aliphatic carbocycles. The van der Waals surface area contributed by atoms with Crippen LogP contribution in [0.4, 0.5) is 0 Å². The number of allylic oxidation sites excluding steroid dienone is 1. The van der Waals surface area contributed by atoms with Crippen LogP contribution in [0, 0.1) is 0 Å². The molecule has 1 fully saturated rings. The van der Waals surface area contributed by atoms with Crippen LogP contribution < -0.4 is 4.74 Å².